The molecule has 4 aromatic rings. The van der Waals surface area contributed by atoms with Crippen molar-refractivity contribution >= 4 is 73.1 Å². The lowest BCUT2D eigenvalue weighted by Crippen LogP contribution is -2.34. The Kier molecular flexibility index (Phi) is 6.26. The van der Waals surface area contributed by atoms with Crippen LogP contribution in [-0.2, 0) is 0 Å². The number of ether oxygens (including phenoxy) is 1. The van der Waals surface area contributed by atoms with Crippen LogP contribution in [0.2, 0.25) is 0 Å². The predicted octanol–water partition coefficient (Wildman–Crippen LogP) is 5.70. The summed E-state index contributed by atoms with van der Waals surface area (Å²) in [6.07, 6.45) is 0. The van der Waals surface area contributed by atoms with Gasteiger partial charge in [-0.05, 0) is 83.3 Å². The number of hydrogen-bond donors (Lipinski definition) is 2. The molecule has 2 N–H and O–H groups in total. The predicted molar refractivity (Wildman–Crippen MR) is 134 cm³/mol. The van der Waals surface area contributed by atoms with Crippen molar-refractivity contribution in [2.24, 2.45) is 0 Å². The van der Waals surface area contributed by atoms with Crippen molar-refractivity contribution in [3.8, 4) is 16.3 Å². The number of nitrogens with one attached hydrogen (secondary N) is 2. The van der Waals surface area contributed by atoms with E-state index in [1.807, 2.05) is 48.5 Å². The largest absolute Gasteiger partial charge is 0.495 e. The zero-order valence-electron chi connectivity index (χ0n) is 15.8. The number of methoxy groups -OCH3 is 1. The molecule has 0 spiro atoms. The zero-order chi connectivity index (χ0) is 21.1. The molecule has 8 heteroatoms. The molecule has 0 saturated carbocycles. The maximum atomic E-state index is 12.5. The van der Waals surface area contributed by atoms with Gasteiger partial charge in [-0.1, -0.05) is 18.2 Å². The van der Waals surface area contributed by atoms with Crippen molar-refractivity contribution in [1.29, 1.82) is 0 Å². The average Bonchev–Trinajstić information content (AvgIpc) is 3.18. The summed E-state index contributed by atoms with van der Waals surface area (Å²) < 4.78 is 7.55. The van der Waals surface area contributed by atoms with E-state index in [0.717, 1.165) is 24.4 Å². The lowest BCUT2D eigenvalue weighted by Gasteiger charge is -2.14. The van der Waals surface area contributed by atoms with Crippen LogP contribution in [0.15, 0.2) is 66.7 Å². The van der Waals surface area contributed by atoms with Crippen molar-refractivity contribution in [3.05, 3.63) is 75.9 Å². The first-order chi connectivity index (χ1) is 14.5. The second-order valence-corrected chi connectivity index (χ2v) is 9.00. The van der Waals surface area contributed by atoms with Crippen LogP contribution in [0.3, 0.4) is 0 Å². The Morgan fingerprint density at radius 1 is 1.10 bits per heavy atom. The van der Waals surface area contributed by atoms with E-state index in [0.29, 0.717) is 17.0 Å². The normalized spacial score (nSPS) is 10.6. The molecule has 0 aliphatic rings. The minimum Gasteiger partial charge on any atom is -0.495 e. The fourth-order valence-corrected chi connectivity index (χ4v) is 4.60. The number of hydrogen-bond acceptors (Lipinski definition) is 5. The van der Waals surface area contributed by atoms with Crippen molar-refractivity contribution in [2.75, 3.05) is 12.4 Å². The van der Waals surface area contributed by atoms with Crippen molar-refractivity contribution < 1.29 is 9.53 Å². The summed E-state index contributed by atoms with van der Waals surface area (Å²) in [4.78, 5) is 17.2. The Morgan fingerprint density at radius 3 is 2.70 bits per heavy atom. The van der Waals surface area contributed by atoms with Gasteiger partial charge in [-0.3, -0.25) is 10.1 Å². The van der Waals surface area contributed by atoms with Crippen molar-refractivity contribution in [3.63, 3.8) is 0 Å². The molecule has 0 aliphatic carbocycles. The van der Waals surface area contributed by atoms with Crippen LogP contribution < -0.4 is 15.4 Å². The molecule has 1 heterocycles. The maximum absolute atomic E-state index is 12.5. The molecular formula is C22H16IN3O2S2. The molecule has 0 bridgehead atoms. The number of rotatable bonds is 4. The molecule has 0 saturated heterocycles. The summed E-state index contributed by atoms with van der Waals surface area (Å²) in [7, 11) is 1.59. The zero-order valence-corrected chi connectivity index (χ0v) is 19.6. The van der Waals surface area contributed by atoms with Gasteiger partial charge in [-0.15, -0.1) is 11.3 Å². The minimum absolute atomic E-state index is 0.193. The number of carbonyl (C=O) groups excluding carboxylic acids is 1. The minimum atomic E-state index is -0.271. The van der Waals surface area contributed by atoms with Crippen LogP contribution in [-0.4, -0.2) is 23.1 Å². The first-order valence-electron chi connectivity index (χ1n) is 8.95. The Balaban J connectivity index is 1.56. The number of benzene rings is 3. The first-order valence-corrected chi connectivity index (χ1v) is 11.3. The number of anilines is 1. The number of amides is 1. The highest BCUT2D eigenvalue weighted by atomic mass is 127. The van der Waals surface area contributed by atoms with Gasteiger partial charge in [0.2, 0.25) is 0 Å². The van der Waals surface area contributed by atoms with Crippen LogP contribution in [0.25, 0.3) is 20.8 Å². The Morgan fingerprint density at radius 2 is 1.93 bits per heavy atom. The third-order valence-electron chi connectivity index (χ3n) is 4.30. The Hall–Kier alpha value is -2.56. The molecule has 0 fully saturated rings. The molecular weight excluding hydrogens is 529 g/mol. The molecule has 1 amide bonds. The van der Waals surface area contributed by atoms with Crippen molar-refractivity contribution in [2.45, 2.75) is 0 Å². The third kappa shape index (κ3) is 4.61. The van der Waals surface area contributed by atoms with E-state index < -0.39 is 0 Å². The van der Waals surface area contributed by atoms with Gasteiger partial charge in [-0.25, -0.2) is 4.98 Å². The standard InChI is InChI=1S/C22H16IN3O2S2/c1-28-18-10-9-14(21-24-16-7-2-3-8-19(16)30-21)12-17(18)25-22(29)26-20(27)13-5-4-6-15(23)11-13/h2-12H,1H3,(H2,25,26,27,29). The van der Waals surface area contributed by atoms with Crippen LogP contribution >= 0.6 is 46.1 Å². The fourth-order valence-electron chi connectivity index (χ4n) is 2.89. The van der Waals surface area contributed by atoms with Gasteiger partial charge in [0.15, 0.2) is 5.11 Å². The molecule has 150 valence electrons. The van der Waals surface area contributed by atoms with Gasteiger partial charge < -0.3 is 10.1 Å². The van der Waals surface area contributed by atoms with Gasteiger partial charge in [0.1, 0.15) is 10.8 Å². The summed E-state index contributed by atoms with van der Waals surface area (Å²) in [6, 6.07) is 21.0. The van der Waals surface area contributed by atoms with Crippen molar-refractivity contribution in [1.82, 2.24) is 10.3 Å². The molecule has 0 aliphatic heterocycles. The highest BCUT2D eigenvalue weighted by Crippen LogP contribution is 2.34. The molecule has 1 aromatic heterocycles. The topological polar surface area (TPSA) is 63.2 Å². The van der Waals surface area contributed by atoms with E-state index in [1.165, 1.54) is 0 Å². The van der Waals surface area contributed by atoms with E-state index in [9.17, 15) is 4.79 Å². The first kappa shape index (κ1) is 20.7. The molecule has 30 heavy (non-hydrogen) atoms. The molecule has 3 aromatic carbocycles. The number of carbonyl (C=O) groups is 1. The van der Waals surface area contributed by atoms with Gasteiger partial charge in [0.05, 0.1) is 23.0 Å². The summed E-state index contributed by atoms with van der Waals surface area (Å²) in [5.74, 6) is 0.345. The van der Waals surface area contributed by atoms with Gasteiger partial charge in [-0.2, -0.15) is 0 Å². The summed E-state index contributed by atoms with van der Waals surface area (Å²) in [6.45, 7) is 0. The van der Waals surface area contributed by atoms with Crippen LogP contribution in [0.1, 0.15) is 10.4 Å². The SMILES string of the molecule is COc1ccc(-c2nc3ccccc3s2)cc1NC(=S)NC(=O)c1cccc(I)c1. The lowest BCUT2D eigenvalue weighted by molar-refractivity contribution is 0.0977. The second-order valence-electron chi connectivity index (χ2n) is 6.32. The van der Waals surface area contributed by atoms with E-state index in [4.69, 9.17) is 21.9 Å². The molecule has 4 rings (SSSR count). The summed E-state index contributed by atoms with van der Waals surface area (Å²) >= 11 is 9.13. The average molecular weight is 545 g/mol. The Labute approximate surface area is 196 Å². The van der Waals surface area contributed by atoms with Gasteiger partial charge in [0.25, 0.3) is 5.91 Å². The number of thiazole rings is 1. The van der Waals surface area contributed by atoms with Crippen LogP contribution in [0.4, 0.5) is 5.69 Å². The van der Waals surface area contributed by atoms with Crippen LogP contribution in [0, 0.1) is 3.57 Å². The maximum Gasteiger partial charge on any atom is 0.257 e. The number of nitrogens with zero attached hydrogens (tertiary/aromatic N) is 1. The smallest absolute Gasteiger partial charge is 0.257 e. The van der Waals surface area contributed by atoms with Crippen LogP contribution in [0.5, 0.6) is 5.75 Å². The summed E-state index contributed by atoms with van der Waals surface area (Å²) in [5, 5.41) is 6.88. The second kappa shape index (κ2) is 9.07. The molecule has 0 atom stereocenters. The van der Waals surface area contributed by atoms with E-state index >= 15 is 0 Å². The lowest BCUT2D eigenvalue weighted by atomic mass is 10.2. The number of fused-ring (bicyclic) bond motifs is 1. The van der Waals surface area contributed by atoms with E-state index in [2.05, 4.69) is 39.3 Å². The van der Waals surface area contributed by atoms with Gasteiger partial charge in [0, 0.05) is 14.7 Å². The number of thiocarbonyl (C=S) groups is 1. The highest BCUT2D eigenvalue weighted by molar-refractivity contribution is 14.1. The van der Waals surface area contributed by atoms with Gasteiger partial charge >= 0.3 is 0 Å². The quantitative estimate of drug-likeness (QED) is 0.255. The molecule has 0 unspecified atom stereocenters. The number of aromatic nitrogens is 1. The number of para-hydroxylation sites is 1. The third-order valence-corrected chi connectivity index (χ3v) is 6.26. The summed E-state index contributed by atoms with van der Waals surface area (Å²) in [5.41, 5.74) is 3.10. The number of halogens is 1. The molecule has 5 nitrogen and oxygen atoms in total. The van der Waals surface area contributed by atoms with E-state index in [1.54, 1.807) is 30.6 Å². The fraction of sp³-hybridized carbons (Fsp3) is 0.0455. The Bertz CT molecular complexity index is 1220. The van der Waals surface area contributed by atoms with E-state index in [-0.39, 0.29) is 11.0 Å². The monoisotopic (exact) mass is 545 g/mol. The molecule has 0 radical (unpaired) electrons. The highest BCUT2D eigenvalue weighted by Gasteiger charge is 2.13.